The van der Waals surface area contributed by atoms with Crippen molar-refractivity contribution < 1.29 is 4.79 Å². The molecule has 1 aliphatic carbocycles. The first kappa shape index (κ1) is 18.7. The van der Waals surface area contributed by atoms with Gasteiger partial charge in [0.15, 0.2) is 0 Å². The minimum atomic E-state index is -0.315. The van der Waals surface area contributed by atoms with Crippen LogP contribution in [-0.4, -0.2) is 10.9 Å². The van der Waals surface area contributed by atoms with E-state index in [-0.39, 0.29) is 11.8 Å². The van der Waals surface area contributed by atoms with Crippen molar-refractivity contribution in [1.29, 1.82) is 5.26 Å². The van der Waals surface area contributed by atoms with Gasteiger partial charge >= 0.3 is 0 Å². The highest BCUT2D eigenvalue weighted by molar-refractivity contribution is 6.42. The highest BCUT2D eigenvalue weighted by atomic mass is 35.5. The van der Waals surface area contributed by atoms with Gasteiger partial charge in [0.2, 0.25) is 5.91 Å². The molecule has 1 unspecified atom stereocenters. The summed E-state index contributed by atoms with van der Waals surface area (Å²) in [5.41, 5.74) is 1.31. The van der Waals surface area contributed by atoms with Crippen LogP contribution in [0.25, 0.3) is 0 Å². The van der Waals surface area contributed by atoms with Crippen LogP contribution in [0.4, 0.5) is 5.82 Å². The topological polar surface area (TPSA) is 65.8 Å². The molecule has 0 saturated heterocycles. The van der Waals surface area contributed by atoms with Gasteiger partial charge < -0.3 is 5.32 Å². The number of nitrogens with zero attached hydrogens (tertiary/aromatic N) is 2. The van der Waals surface area contributed by atoms with Crippen LogP contribution in [0.15, 0.2) is 36.5 Å². The number of anilines is 1. The minimum absolute atomic E-state index is 0.118. The van der Waals surface area contributed by atoms with Crippen LogP contribution >= 0.6 is 23.2 Å². The smallest absolute Gasteiger partial charge is 0.233 e. The first-order chi connectivity index (χ1) is 12.6. The van der Waals surface area contributed by atoms with Crippen molar-refractivity contribution >= 4 is 34.9 Å². The number of nitrogens with one attached hydrogen (secondary N) is 1. The Balaban J connectivity index is 1.81. The molecule has 1 fully saturated rings. The molecule has 1 aromatic heterocycles. The van der Waals surface area contributed by atoms with Crippen molar-refractivity contribution in [2.75, 3.05) is 5.32 Å². The minimum Gasteiger partial charge on any atom is -0.310 e. The van der Waals surface area contributed by atoms with E-state index in [2.05, 4.69) is 10.3 Å². The Kier molecular flexibility index (Phi) is 6.13. The van der Waals surface area contributed by atoms with Crippen molar-refractivity contribution in [2.24, 2.45) is 5.92 Å². The van der Waals surface area contributed by atoms with Crippen LogP contribution in [0.1, 0.15) is 49.1 Å². The Morgan fingerprint density at radius 3 is 2.62 bits per heavy atom. The molecule has 0 aliphatic heterocycles. The van der Waals surface area contributed by atoms with Crippen LogP contribution in [0.2, 0.25) is 10.0 Å². The van der Waals surface area contributed by atoms with Gasteiger partial charge in [0, 0.05) is 6.20 Å². The van der Waals surface area contributed by atoms with Crippen LogP contribution in [-0.2, 0) is 4.79 Å². The summed E-state index contributed by atoms with van der Waals surface area (Å²) in [5.74, 6) is 0.539. The highest BCUT2D eigenvalue weighted by Gasteiger charge is 2.27. The predicted molar refractivity (Wildman–Crippen MR) is 103 cm³/mol. The molecule has 0 radical (unpaired) electrons. The zero-order valence-electron chi connectivity index (χ0n) is 14.2. The lowest BCUT2D eigenvalue weighted by Crippen LogP contribution is -2.23. The Hall–Kier alpha value is -2.09. The average molecular weight is 388 g/mol. The molecule has 1 amide bonds. The monoisotopic (exact) mass is 387 g/mol. The predicted octanol–water partition coefficient (Wildman–Crippen LogP) is 5.56. The van der Waals surface area contributed by atoms with Gasteiger partial charge in [0.1, 0.15) is 11.9 Å². The Labute approximate surface area is 163 Å². The van der Waals surface area contributed by atoms with Gasteiger partial charge in [-0.05, 0) is 42.2 Å². The number of hydrogen-bond acceptors (Lipinski definition) is 3. The SMILES string of the molecule is N#Cc1ccc(NC(=O)C(CC2CCCC2)c2ccc(Cl)c(Cl)c2)nc1. The molecule has 6 heteroatoms. The van der Waals surface area contributed by atoms with Gasteiger partial charge in [0.05, 0.1) is 21.5 Å². The second-order valence-corrected chi connectivity index (χ2v) is 7.46. The van der Waals surface area contributed by atoms with E-state index < -0.39 is 0 Å². The third-order valence-electron chi connectivity index (χ3n) is 4.85. The number of amides is 1. The average Bonchev–Trinajstić information content (AvgIpc) is 3.16. The maximum atomic E-state index is 13.0. The van der Waals surface area contributed by atoms with Gasteiger partial charge in [-0.15, -0.1) is 0 Å². The van der Waals surface area contributed by atoms with Gasteiger partial charge in [0.25, 0.3) is 0 Å². The number of nitriles is 1. The van der Waals surface area contributed by atoms with Crippen LogP contribution in [0, 0.1) is 17.2 Å². The zero-order chi connectivity index (χ0) is 18.5. The van der Waals surface area contributed by atoms with E-state index in [1.165, 1.54) is 19.0 Å². The molecule has 4 nitrogen and oxygen atoms in total. The molecule has 1 saturated carbocycles. The van der Waals surface area contributed by atoms with Gasteiger partial charge in [-0.1, -0.05) is 55.0 Å². The fourth-order valence-electron chi connectivity index (χ4n) is 3.45. The van der Waals surface area contributed by atoms with Crippen LogP contribution in [0.3, 0.4) is 0 Å². The fourth-order valence-corrected chi connectivity index (χ4v) is 3.76. The molecule has 3 rings (SSSR count). The lowest BCUT2D eigenvalue weighted by atomic mass is 9.87. The molecule has 26 heavy (non-hydrogen) atoms. The van der Waals surface area contributed by atoms with E-state index in [1.807, 2.05) is 12.1 Å². The number of aromatic nitrogens is 1. The first-order valence-corrected chi connectivity index (χ1v) is 9.44. The Bertz CT molecular complexity index is 824. The summed E-state index contributed by atoms with van der Waals surface area (Å²) >= 11 is 12.2. The summed E-state index contributed by atoms with van der Waals surface area (Å²) in [5, 5.41) is 12.6. The number of rotatable bonds is 5. The van der Waals surface area contributed by atoms with E-state index in [1.54, 1.807) is 24.3 Å². The van der Waals surface area contributed by atoms with E-state index in [0.29, 0.717) is 27.3 Å². The standard InChI is InChI=1S/C20H19Cl2N3O/c21-17-7-6-15(10-18(17)22)16(9-13-3-1-2-4-13)20(26)25-19-8-5-14(11-23)12-24-19/h5-8,10,12-13,16H,1-4,9H2,(H,24,25,26). The van der Waals surface area contributed by atoms with Gasteiger partial charge in [-0.25, -0.2) is 4.98 Å². The number of halogens is 2. The summed E-state index contributed by atoms with van der Waals surface area (Å²) in [7, 11) is 0. The summed E-state index contributed by atoms with van der Waals surface area (Å²) in [4.78, 5) is 17.1. The molecule has 1 N–H and O–H groups in total. The molecule has 0 bridgehead atoms. The number of benzene rings is 1. The van der Waals surface area contributed by atoms with E-state index in [4.69, 9.17) is 28.5 Å². The van der Waals surface area contributed by atoms with Crippen LogP contribution < -0.4 is 5.32 Å². The second kappa shape index (κ2) is 8.53. The quantitative estimate of drug-likeness (QED) is 0.729. The number of pyridine rings is 1. The third kappa shape index (κ3) is 4.55. The summed E-state index contributed by atoms with van der Waals surface area (Å²) in [6.07, 6.45) is 6.97. The van der Waals surface area contributed by atoms with Gasteiger partial charge in [-0.2, -0.15) is 5.26 Å². The highest BCUT2D eigenvalue weighted by Crippen LogP contribution is 2.36. The van der Waals surface area contributed by atoms with Crippen molar-refractivity contribution in [3.05, 3.63) is 57.7 Å². The van der Waals surface area contributed by atoms with E-state index >= 15 is 0 Å². The van der Waals surface area contributed by atoms with Crippen molar-refractivity contribution in [1.82, 2.24) is 4.98 Å². The molecular formula is C20H19Cl2N3O. The zero-order valence-corrected chi connectivity index (χ0v) is 15.7. The van der Waals surface area contributed by atoms with E-state index in [9.17, 15) is 4.79 Å². The van der Waals surface area contributed by atoms with Crippen LogP contribution in [0.5, 0.6) is 0 Å². The van der Waals surface area contributed by atoms with Crippen molar-refractivity contribution in [3.8, 4) is 6.07 Å². The lowest BCUT2D eigenvalue weighted by molar-refractivity contribution is -0.118. The molecule has 2 aromatic rings. The van der Waals surface area contributed by atoms with Crippen molar-refractivity contribution in [2.45, 2.75) is 38.0 Å². The normalized spacial score (nSPS) is 15.4. The molecule has 1 atom stereocenters. The largest absolute Gasteiger partial charge is 0.310 e. The van der Waals surface area contributed by atoms with E-state index in [0.717, 1.165) is 24.8 Å². The molecular weight excluding hydrogens is 369 g/mol. The molecule has 1 aromatic carbocycles. The first-order valence-electron chi connectivity index (χ1n) is 8.69. The lowest BCUT2D eigenvalue weighted by Gasteiger charge is -2.21. The maximum Gasteiger partial charge on any atom is 0.233 e. The number of carbonyl (C=O) groups excluding carboxylic acids is 1. The maximum absolute atomic E-state index is 13.0. The number of hydrogen-bond donors (Lipinski definition) is 1. The molecule has 134 valence electrons. The fraction of sp³-hybridized carbons (Fsp3) is 0.350. The molecule has 1 heterocycles. The van der Waals surface area contributed by atoms with Crippen molar-refractivity contribution in [3.63, 3.8) is 0 Å². The second-order valence-electron chi connectivity index (χ2n) is 6.65. The summed E-state index contributed by atoms with van der Waals surface area (Å²) < 4.78 is 0. The third-order valence-corrected chi connectivity index (χ3v) is 5.59. The summed E-state index contributed by atoms with van der Waals surface area (Å²) in [6, 6.07) is 10.6. The van der Waals surface area contributed by atoms with Gasteiger partial charge in [-0.3, -0.25) is 4.79 Å². The Morgan fingerprint density at radius 1 is 1.23 bits per heavy atom. The molecule has 0 spiro atoms. The number of carbonyl (C=O) groups is 1. The summed E-state index contributed by atoms with van der Waals surface area (Å²) in [6.45, 7) is 0. The molecule has 1 aliphatic rings. The Morgan fingerprint density at radius 2 is 2.00 bits per heavy atom.